The second-order valence-corrected chi connectivity index (χ2v) is 1.85. The van der Waals surface area contributed by atoms with Crippen molar-refractivity contribution in [1.82, 2.24) is 5.43 Å². The number of nitrogens with two attached hydrogens (primary N) is 1. The molecule has 0 aliphatic heterocycles. The first-order chi connectivity index (χ1) is 4.22. The molecule has 0 aliphatic rings. The summed E-state index contributed by atoms with van der Waals surface area (Å²) in [6.07, 6.45) is 2.25. The van der Waals surface area contributed by atoms with Gasteiger partial charge in [0.2, 0.25) is 0 Å². The molecule has 0 amide bonds. The molecular formula is C6H12N2O. The van der Waals surface area contributed by atoms with Crippen LogP contribution < -0.4 is 11.3 Å². The third kappa shape index (κ3) is 3.00. The van der Waals surface area contributed by atoms with Gasteiger partial charge in [0.15, 0.2) is 0 Å². The van der Waals surface area contributed by atoms with Crippen molar-refractivity contribution in [3.05, 3.63) is 12.7 Å². The molecule has 0 aliphatic carbocycles. The largest absolute Gasteiger partial charge is 0.298 e. The molecule has 0 heterocycles. The minimum absolute atomic E-state index is 0.0393. The zero-order valence-electron chi connectivity index (χ0n) is 5.55. The summed E-state index contributed by atoms with van der Waals surface area (Å²) >= 11 is 0. The molecule has 0 bridgehead atoms. The fourth-order valence-electron chi connectivity index (χ4n) is 0.518. The molecule has 3 nitrogen and oxygen atoms in total. The zero-order valence-corrected chi connectivity index (χ0v) is 5.55. The highest BCUT2D eigenvalue weighted by Crippen LogP contribution is 1.90. The van der Waals surface area contributed by atoms with Crippen LogP contribution in [0.4, 0.5) is 0 Å². The van der Waals surface area contributed by atoms with Crippen LogP contribution >= 0.6 is 0 Å². The number of carbonyl (C=O) groups excluding carboxylic acids is 1. The van der Waals surface area contributed by atoms with E-state index in [9.17, 15) is 4.79 Å². The summed E-state index contributed by atoms with van der Waals surface area (Å²) in [4.78, 5) is 10.6. The third-order valence-electron chi connectivity index (χ3n) is 1.09. The Balaban J connectivity index is 3.67. The van der Waals surface area contributed by atoms with Crippen LogP contribution in [-0.4, -0.2) is 11.8 Å². The summed E-state index contributed by atoms with van der Waals surface area (Å²) < 4.78 is 0. The van der Waals surface area contributed by atoms with Gasteiger partial charge in [-0.2, -0.15) is 0 Å². The lowest BCUT2D eigenvalue weighted by Gasteiger charge is -2.07. The van der Waals surface area contributed by atoms with Gasteiger partial charge in [-0.3, -0.25) is 10.6 Å². The molecule has 0 fully saturated rings. The average molecular weight is 128 g/mol. The van der Waals surface area contributed by atoms with Gasteiger partial charge in [0.1, 0.15) is 5.78 Å². The van der Waals surface area contributed by atoms with Crippen LogP contribution in [0.2, 0.25) is 0 Å². The number of rotatable bonds is 4. The Kier molecular flexibility index (Phi) is 3.92. The van der Waals surface area contributed by atoms with E-state index in [0.29, 0.717) is 6.42 Å². The molecule has 3 N–H and O–H groups in total. The first-order valence-electron chi connectivity index (χ1n) is 2.79. The lowest BCUT2D eigenvalue weighted by Crippen LogP contribution is -2.39. The van der Waals surface area contributed by atoms with Crippen LogP contribution in [0.15, 0.2) is 12.7 Å². The van der Waals surface area contributed by atoms with Crippen molar-refractivity contribution < 1.29 is 4.79 Å². The van der Waals surface area contributed by atoms with Gasteiger partial charge in [-0.15, -0.1) is 6.58 Å². The normalized spacial score (nSPS) is 12.7. The Labute approximate surface area is 54.9 Å². The van der Waals surface area contributed by atoms with Gasteiger partial charge in [0.05, 0.1) is 6.04 Å². The van der Waals surface area contributed by atoms with Crippen molar-refractivity contribution in [2.75, 3.05) is 0 Å². The molecule has 0 saturated carbocycles. The van der Waals surface area contributed by atoms with Crippen molar-refractivity contribution in [3.8, 4) is 0 Å². The van der Waals surface area contributed by atoms with Gasteiger partial charge in [-0.05, 0) is 13.3 Å². The van der Waals surface area contributed by atoms with E-state index in [2.05, 4.69) is 12.0 Å². The first kappa shape index (κ1) is 8.33. The summed E-state index contributed by atoms with van der Waals surface area (Å²) in [5.41, 5.74) is 2.38. The summed E-state index contributed by atoms with van der Waals surface area (Å²) in [5.74, 6) is 5.08. The Morgan fingerprint density at radius 1 is 2.00 bits per heavy atom. The van der Waals surface area contributed by atoms with Crippen molar-refractivity contribution >= 4 is 5.78 Å². The summed E-state index contributed by atoms with van der Waals surface area (Å²) in [6, 6.07) is -0.262. The minimum Gasteiger partial charge on any atom is -0.298 e. The summed E-state index contributed by atoms with van der Waals surface area (Å²) in [7, 11) is 0. The first-order valence-corrected chi connectivity index (χ1v) is 2.79. The van der Waals surface area contributed by atoms with E-state index in [4.69, 9.17) is 5.84 Å². The fourth-order valence-corrected chi connectivity index (χ4v) is 0.518. The quantitative estimate of drug-likeness (QED) is 0.318. The maximum atomic E-state index is 10.6. The van der Waals surface area contributed by atoms with Gasteiger partial charge in [0, 0.05) is 0 Å². The Bertz CT molecular complexity index is 112. The minimum atomic E-state index is -0.262. The lowest BCUT2D eigenvalue weighted by molar-refractivity contribution is -0.118. The number of ketones is 1. The van der Waals surface area contributed by atoms with Crippen LogP contribution in [0, 0.1) is 0 Å². The number of hydrazine groups is 1. The van der Waals surface area contributed by atoms with Crippen molar-refractivity contribution in [3.63, 3.8) is 0 Å². The molecule has 0 aromatic carbocycles. The van der Waals surface area contributed by atoms with E-state index < -0.39 is 0 Å². The number of carbonyl (C=O) groups is 1. The van der Waals surface area contributed by atoms with E-state index in [1.165, 1.54) is 6.92 Å². The fraction of sp³-hybridized carbons (Fsp3) is 0.500. The molecule has 9 heavy (non-hydrogen) atoms. The highest BCUT2D eigenvalue weighted by atomic mass is 16.1. The lowest BCUT2D eigenvalue weighted by atomic mass is 10.1. The molecule has 3 heteroatoms. The van der Waals surface area contributed by atoms with Crippen LogP contribution in [0.25, 0.3) is 0 Å². The Morgan fingerprint density at radius 3 is 2.67 bits per heavy atom. The number of Topliss-reactive ketones (excluding diaryl/α,β-unsaturated/α-hetero) is 1. The van der Waals surface area contributed by atoms with E-state index >= 15 is 0 Å². The molecule has 52 valence electrons. The van der Waals surface area contributed by atoms with E-state index in [0.717, 1.165) is 0 Å². The van der Waals surface area contributed by atoms with Gasteiger partial charge < -0.3 is 0 Å². The van der Waals surface area contributed by atoms with Crippen LogP contribution in [0.3, 0.4) is 0 Å². The third-order valence-corrected chi connectivity index (χ3v) is 1.09. The molecular weight excluding hydrogens is 116 g/mol. The molecule has 0 unspecified atom stereocenters. The maximum absolute atomic E-state index is 10.6. The Hall–Kier alpha value is -0.670. The zero-order chi connectivity index (χ0) is 7.28. The molecule has 1 atom stereocenters. The predicted molar refractivity (Wildman–Crippen MR) is 36.6 cm³/mol. The van der Waals surface area contributed by atoms with Gasteiger partial charge >= 0.3 is 0 Å². The van der Waals surface area contributed by atoms with Gasteiger partial charge in [0.25, 0.3) is 0 Å². The van der Waals surface area contributed by atoms with E-state index in [-0.39, 0.29) is 11.8 Å². The molecule has 0 saturated heterocycles. The van der Waals surface area contributed by atoms with E-state index in [1.807, 2.05) is 0 Å². The smallest absolute Gasteiger partial charge is 0.148 e. The predicted octanol–water partition coefficient (Wildman–Crippen LogP) is -0.0166. The number of nitrogens with one attached hydrogen (secondary N) is 1. The molecule has 0 rings (SSSR count). The average Bonchev–Trinajstić information content (AvgIpc) is 1.82. The SMILES string of the molecule is C=CC[C@H](NN)C(C)=O. The standard InChI is InChI=1S/C6H12N2O/c1-3-4-6(8-7)5(2)9/h3,6,8H,1,4,7H2,2H3/t6-/m0/s1. The summed E-state index contributed by atoms with van der Waals surface area (Å²) in [6.45, 7) is 4.98. The monoisotopic (exact) mass is 128 g/mol. The second-order valence-electron chi connectivity index (χ2n) is 1.85. The van der Waals surface area contributed by atoms with Crippen molar-refractivity contribution in [2.24, 2.45) is 5.84 Å². The number of hydrogen-bond donors (Lipinski definition) is 2. The topological polar surface area (TPSA) is 55.1 Å². The van der Waals surface area contributed by atoms with Crippen LogP contribution in [-0.2, 0) is 4.79 Å². The van der Waals surface area contributed by atoms with Crippen LogP contribution in [0.5, 0.6) is 0 Å². The maximum Gasteiger partial charge on any atom is 0.148 e. The Morgan fingerprint density at radius 2 is 2.56 bits per heavy atom. The second kappa shape index (κ2) is 4.23. The van der Waals surface area contributed by atoms with Crippen molar-refractivity contribution in [2.45, 2.75) is 19.4 Å². The van der Waals surface area contributed by atoms with E-state index in [1.54, 1.807) is 6.08 Å². The van der Waals surface area contributed by atoms with Crippen LogP contribution in [0.1, 0.15) is 13.3 Å². The highest BCUT2D eigenvalue weighted by molar-refractivity contribution is 5.81. The molecule has 0 spiro atoms. The molecule has 0 radical (unpaired) electrons. The van der Waals surface area contributed by atoms with Gasteiger partial charge in [-0.25, -0.2) is 5.43 Å². The van der Waals surface area contributed by atoms with Gasteiger partial charge in [-0.1, -0.05) is 6.08 Å². The molecule has 0 aromatic rings. The highest BCUT2D eigenvalue weighted by Gasteiger charge is 2.07. The summed E-state index contributed by atoms with van der Waals surface area (Å²) in [5, 5.41) is 0. The van der Waals surface area contributed by atoms with Crippen molar-refractivity contribution in [1.29, 1.82) is 0 Å². The molecule has 0 aromatic heterocycles. The number of hydrogen-bond acceptors (Lipinski definition) is 3.